The lowest BCUT2D eigenvalue weighted by Gasteiger charge is -2.34. The van der Waals surface area contributed by atoms with Crippen LogP contribution >= 0.6 is 24.8 Å². The van der Waals surface area contributed by atoms with Gasteiger partial charge in [-0.25, -0.2) is 0 Å². The molecule has 124 valence electrons. The first-order valence-corrected chi connectivity index (χ1v) is 7.45. The Morgan fingerprint density at radius 1 is 1.23 bits per heavy atom. The maximum atomic E-state index is 12.7. The van der Waals surface area contributed by atoms with E-state index in [0.29, 0.717) is 11.8 Å². The molecule has 0 bridgehead atoms. The Labute approximate surface area is 145 Å². The Balaban J connectivity index is 0.00000121. The first kappa shape index (κ1) is 19.1. The number of rotatable bonds is 2. The van der Waals surface area contributed by atoms with Crippen molar-refractivity contribution in [2.75, 3.05) is 38.1 Å². The Kier molecular flexibility index (Phi) is 6.98. The van der Waals surface area contributed by atoms with Crippen LogP contribution in [0.15, 0.2) is 24.3 Å². The number of nitrogens with zero attached hydrogens (tertiary/aromatic N) is 2. The summed E-state index contributed by atoms with van der Waals surface area (Å²) in [6, 6.07) is 8.39. The van der Waals surface area contributed by atoms with E-state index in [4.69, 9.17) is 0 Å². The lowest BCUT2D eigenvalue weighted by Crippen LogP contribution is -2.50. The molecule has 1 aromatic rings. The van der Waals surface area contributed by atoms with Crippen molar-refractivity contribution in [1.29, 1.82) is 0 Å². The van der Waals surface area contributed by atoms with Gasteiger partial charge in [0.15, 0.2) is 0 Å². The fourth-order valence-electron chi connectivity index (χ4n) is 3.04. The molecule has 1 amide bonds. The minimum atomic E-state index is 0. The molecule has 0 radical (unpaired) electrons. The van der Waals surface area contributed by atoms with Gasteiger partial charge in [-0.3, -0.25) is 4.79 Å². The van der Waals surface area contributed by atoms with Gasteiger partial charge in [0.05, 0.1) is 0 Å². The van der Waals surface area contributed by atoms with Crippen LogP contribution in [0.4, 0.5) is 5.69 Å². The second kappa shape index (κ2) is 8.04. The van der Waals surface area contributed by atoms with Crippen LogP contribution in [0.25, 0.3) is 0 Å². The Morgan fingerprint density at radius 2 is 1.91 bits per heavy atom. The van der Waals surface area contributed by atoms with Crippen LogP contribution in [0.3, 0.4) is 0 Å². The summed E-state index contributed by atoms with van der Waals surface area (Å²) in [5.41, 5.74) is 2.50. The van der Waals surface area contributed by atoms with E-state index in [-0.39, 0.29) is 30.7 Å². The molecule has 2 aliphatic heterocycles. The van der Waals surface area contributed by atoms with E-state index in [1.54, 1.807) is 0 Å². The van der Waals surface area contributed by atoms with Crippen LogP contribution in [0.2, 0.25) is 0 Å². The molecular formula is C16H25Cl2N3O. The number of fused-ring (bicyclic) bond motifs is 1. The highest BCUT2D eigenvalue weighted by Gasteiger charge is 2.32. The molecule has 1 saturated heterocycles. The number of hydrogen-bond acceptors (Lipinski definition) is 3. The minimum absolute atomic E-state index is 0. The lowest BCUT2D eigenvalue weighted by atomic mass is 9.88. The van der Waals surface area contributed by atoms with Crippen molar-refractivity contribution in [2.24, 2.45) is 11.8 Å². The van der Waals surface area contributed by atoms with E-state index in [1.165, 1.54) is 11.3 Å². The maximum absolute atomic E-state index is 12.7. The average molecular weight is 346 g/mol. The van der Waals surface area contributed by atoms with Gasteiger partial charge in [0.2, 0.25) is 5.91 Å². The second-order valence-corrected chi connectivity index (χ2v) is 6.02. The van der Waals surface area contributed by atoms with E-state index in [1.807, 2.05) is 4.90 Å². The van der Waals surface area contributed by atoms with Crippen LogP contribution in [0.1, 0.15) is 12.5 Å². The van der Waals surface area contributed by atoms with Gasteiger partial charge in [0.1, 0.15) is 0 Å². The molecule has 4 nitrogen and oxygen atoms in total. The molecule has 6 heteroatoms. The summed E-state index contributed by atoms with van der Waals surface area (Å²) < 4.78 is 0. The van der Waals surface area contributed by atoms with Gasteiger partial charge in [-0.2, -0.15) is 0 Å². The largest absolute Gasteiger partial charge is 0.373 e. The van der Waals surface area contributed by atoms with Crippen LogP contribution in [-0.4, -0.2) is 44.0 Å². The molecular weight excluding hydrogens is 321 g/mol. The smallest absolute Gasteiger partial charge is 0.226 e. The van der Waals surface area contributed by atoms with Crippen LogP contribution in [0.5, 0.6) is 0 Å². The van der Waals surface area contributed by atoms with E-state index in [9.17, 15) is 4.79 Å². The van der Waals surface area contributed by atoms with Gasteiger partial charge in [0.25, 0.3) is 0 Å². The molecule has 1 fully saturated rings. The zero-order valence-corrected chi connectivity index (χ0v) is 14.8. The summed E-state index contributed by atoms with van der Waals surface area (Å²) in [5, 5.41) is 3.26. The minimum Gasteiger partial charge on any atom is -0.373 e. The number of nitrogens with one attached hydrogen (secondary N) is 1. The molecule has 0 spiro atoms. The van der Waals surface area contributed by atoms with E-state index in [0.717, 1.165) is 32.7 Å². The third-order valence-electron chi connectivity index (χ3n) is 4.69. The SMILES string of the molecule is CC(C(=O)N1CCN(C)c2ccccc2C1)C1CNC1.Cl.Cl. The van der Waals surface area contributed by atoms with Gasteiger partial charge >= 0.3 is 0 Å². The molecule has 2 aliphatic rings. The third kappa shape index (κ3) is 3.67. The topological polar surface area (TPSA) is 35.6 Å². The fraction of sp³-hybridized carbons (Fsp3) is 0.562. The first-order chi connectivity index (χ1) is 9.66. The van der Waals surface area contributed by atoms with Gasteiger partial charge in [-0.05, 0) is 30.6 Å². The number of carbonyl (C=O) groups is 1. The van der Waals surface area contributed by atoms with Gasteiger partial charge in [-0.15, -0.1) is 24.8 Å². The summed E-state index contributed by atoms with van der Waals surface area (Å²) in [6.07, 6.45) is 0. The number of para-hydroxylation sites is 1. The maximum Gasteiger partial charge on any atom is 0.226 e. The van der Waals surface area contributed by atoms with Crippen molar-refractivity contribution in [3.05, 3.63) is 29.8 Å². The lowest BCUT2D eigenvalue weighted by molar-refractivity contribution is -0.137. The number of anilines is 1. The highest BCUT2D eigenvalue weighted by Crippen LogP contribution is 2.26. The predicted octanol–water partition coefficient (Wildman–Crippen LogP) is 2.16. The number of hydrogen-bond donors (Lipinski definition) is 1. The highest BCUT2D eigenvalue weighted by atomic mass is 35.5. The monoisotopic (exact) mass is 345 g/mol. The molecule has 0 aromatic heterocycles. The summed E-state index contributed by atoms with van der Waals surface area (Å²) in [7, 11) is 2.10. The summed E-state index contributed by atoms with van der Waals surface area (Å²) in [6.45, 7) is 6.50. The van der Waals surface area contributed by atoms with Crippen LogP contribution in [0, 0.1) is 11.8 Å². The molecule has 22 heavy (non-hydrogen) atoms. The number of benzene rings is 1. The van der Waals surface area contributed by atoms with Gasteiger partial charge in [-0.1, -0.05) is 25.1 Å². The average Bonchev–Trinajstić information content (AvgIpc) is 2.56. The number of halogens is 2. The van der Waals surface area contributed by atoms with Crippen LogP contribution < -0.4 is 10.2 Å². The number of carbonyl (C=O) groups excluding carboxylic acids is 1. The van der Waals surface area contributed by atoms with E-state index >= 15 is 0 Å². The predicted molar refractivity (Wildman–Crippen MR) is 95.1 cm³/mol. The number of amides is 1. The standard InChI is InChI=1S/C16H23N3O.2ClH/c1-12(14-9-17-10-14)16(20)19-8-7-18(2)15-6-4-3-5-13(15)11-19;;/h3-6,12,14,17H,7-11H2,1-2H3;2*1H. The molecule has 0 aliphatic carbocycles. The van der Waals surface area contributed by atoms with Gasteiger partial charge < -0.3 is 15.1 Å². The zero-order valence-electron chi connectivity index (χ0n) is 13.1. The zero-order chi connectivity index (χ0) is 14.1. The Morgan fingerprint density at radius 3 is 2.55 bits per heavy atom. The molecule has 3 rings (SSSR count). The van der Waals surface area contributed by atoms with Crippen molar-refractivity contribution >= 4 is 36.4 Å². The van der Waals surface area contributed by atoms with Crippen molar-refractivity contribution in [3.63, 3.8) is 0 Å². The molecule has 0 saturated carbocycles. The molecule has 1 aromatic carbocycles. The number of likely N-dealkylation sites (N-methyl/N-ethyl adjacent to an activating group) is 1. The Bertz CT molecular complexity index is 508. The van der Waals surface area contributed by atoms with Crippen molar-refractivity contribution in [2.45, 2.75) is 13.5 Å². The Hall–Kier alpha value is -0.970. The molecule has 2 heterocycles. The quantitative estimate of drug-likeness (QED) is 0.892. The van der Waals surface area contributed by atoms with E-state index in [2.05, 4.69) is 48.5 Å². The van der Waals surface area contributed by atoms with Crippen molar-refractivity contribution in [3.8, 4) is 0 Å². The normalized spacial score (nSPS) is 19.0. The summed E-state index contributed by atoms with van der Waals surface area (Å²) in [4.78, 5) is 17.0. The highest BCUT2D eigenvalue weighted by molar-refractivity contribution is 5.85. The van der Waals surface area contributed by atoms with Crippen LogP contribution in [-0.2, 0) is 11.3 Å². The van der Waals surface area contributed by atoms with Crippen molar-refractivity contribution in [1.82, 2.24) is 10.2 Å². The second-order valence-electron chi connectivity index (χ2n) is 6.02. The molecule has 1 N–H and O–H groups in total. The molecule has 1 unspecified atom stereocenters. The third-order valence-corrected chi connectivity index (χ3v) is 4.69. The first-order valence-electron chi connectivity index (χ1n) is 7.45. The van der Waals surface area contributed by atoms with E-state index < -0.39 is 0 Å². The molecule has 1 atom stereocenters. The summed E-state index contributed by atoms with van der Waals surface area (Å²) >= 11 is 0. The van der Waals surface area contributed by atoms with Crippen molar-refractivity contribution < 1.29 is 4.79 Å². The summed E-state index contributed by atoms with van der Waals surface area (Å²) in [5.74, 6) is 0.951. The fourth-order valence-corrected chi connectivity index (χ4v) is 3.04. The van der Waals surface area contributed by atoms with Gasteiger partial charge in [0, 0.05) is 38.3 Å².